The van der Waals surface area contributed by atoms with Gasteiger partial charge in [-0.05, 0) is 18.2 Å². The Bertz CT molecular complexity index is 381. The minimum atomic E-state index is 0.0250. The average molecular weight is 214 g/mol. The molecule has 0 fully saturated rings. The van der Waals surface area contributed by atoms with Crippen LogP contribution >= 0.6 is 11.6 Å². The summed E-state index contributed by atoms with van der Waals surface area (Å²) in [6.45, 7) is 0. The fraction of sp³-hybridized carbons (Fsp3) is 0. The minimum absolute atomic E-state index is 0.0250. The standard InChI is InChI=1S/C8H10ClN5/c9-5-2-1-3-6(4-5)13-8(12)14-7(10)11/h1-4H,(H6,10,11,12,13,14)/p+2. The number of guanidine groups is 2. The molecule has 0 saturated carbocycles. The van der Waals surface area contributed by atoms with Crippen molar-refractivity contribution in [3.63, 3.8) is 0 Å². The van der Waals surface area contributed by atoms with E-state index in [9.17, 15) is 0 Å². The highest BCUT2D eigenvalue weighted by Gasteiger charge is 1.99. The SMILES string of the molecule is NC(N)=[NH+]C(N)=[NH+]c1cccc(Cl)c1. The van der Waals surface area contributed by atoms with E-state index >= 15 is 0 Å². The summed E-state index contributed by atoms with van der Waals surface area (Å²) in [4.78, 5) is 5.36. The van der Waals surface area contributed by atoms with Crippen LogP contribution in [0.1, 0.15) is 0 Å². The van der Waals surface area contributed by atoms with Crippen molar-refractivity contribution in [1.29, 1.82) is 0 Å². The largest absolute Gasteiger partial charge is 0.390 e. The Morgan fingerprint density at radius 1 is 1.21 bits per heavy atom. The van der Waals surface area contributed by atoms with Crippen LogP contribution in [0.2, 0.25) is 5.02 Å². The lowest BCUT2D eigenvalue weighted by Crippen LogP contribution is -2.96. The van der Waals surface area contributed by atoms with Crippen molar-refractivity contribution >= 4 is 29.2 Å². The summed E-state index contributed by atoms with van der Waals surface area (Å²) < 4.78 is 0. The summed E-state index contributed by atoms with van der Waals surface area (Å²) in [5.74, 6) is 0.268. The maximum atomic E-state index is 5.77. The lowest BCUT2D eigenvalue weighted by molar-refractivity contribution is -0.459. The quantitative estimate of drug-likeness (QED) is 0.250. The van der Waals surface area contributed by atoms with Crippen molar-refractivity contribution in [2.75, 3.05) is 0 Å². The van der Waals surface area contributed by atoms with Crippen LogP contribution in [0.15, 0.2) is 24.3 Å². The predicted molar refractivity (Wildman–Crippen MR) is 55.6 cm³/mol. The van der Waals surface area contributed by atoms with Gasteiger partial charge in [0.1, 0.15) is 5.69 Å². The summed E-state index contributed by atoms with van der Waals surface area (Å²) in [5, 5.41) is 0.618. The van der Waals surface area contributed by atoms with Crippen molar-refractivity contribution in [3.05, 3.63) is 29.3 Å². The first kappa shape index (κ1) is 10.3. The third-order valence-electron chi connectivity index (χ3n) is 1.38. The summed E-state index contributed by atoms with van der Waals surface area (Å²) in [7, 11) is 0. The molecule has 74 valence electrons. The second-order valence-electron chi connectivity index (χ2n) is 2.63. The molecule has 5 nitrogen and oxygen atoms in total. The highest BCUT2D eigenvalue weighted by atomic mass is 35.5. The van der Waals surface area contributed by atoms with Gasteiger partial charge in [0.05, 0.1) is 0 Å². The average Bonchev–Trinajstić information content (AvgIpc) is 2.01. The van der Waals surface area contributed by atoms with Crippen molar-refractivity contribution in [1.82, 2.24) is 0 Å². The van der Waals surface area contributed by atoms with Crippen LogP contribution in [0.4, 0.5) is 5.69 Å². The third kappa shape index (κ3) is 3.32. The van der Waals surface area contributed by atoms with Crippen LogP contribution in [0, 0.1) is 0 Å². The topological polar surface area (TPSA) is 106 Å². The molecule has 8 N–H and O–H groups in total. The van der Waals surface area contributed by atoms with E-state index in [0.717, 1.165) is 5.69 Å². The van der Waals surface area contributed by atoms with E-state index in [-0.39, 0.29) is 11.9 Å². The molecule has 0 atom stereocenters. The van der Waals surface area contributed by atoms with Gasteiger partial charge in [-0.1, -0.05) is 17.7 Å². The number of hydrogen-bond donors (Lipinski definition) is 5. The zero-order valence-corrected chi connectivity index (χ0v) is 8.18. The lowest BCUT2D eigenvalue weighted by Gasteiger charge is -1.91. The number of nitrogens with one attached hydrogen (secondary N) is 2. The van der Waals surface area contributed by atoms with Crippen molar-refractivity contribution < 1.29 is 9.98 Å². The molecule has 0 aliphatic rings. The van der Waals surface area contributed by atoms with Crippen LogP contribution < -0.4 is 27.2 Å². The van der Waals surface area contributed by atoms with E-state index in [1.54, 1.807) is 18.2 Å². The first-order valence-electron chi connectivity index (χ1n) is 3.88. The molecule has 0 amide bonds. The summed E-state index contributed by atoms with van der Waals surface area (Å²) in [5.41, 5.74) is 16.7. The molecule has 0 unspecified atom stereocenters. The van der Waals surface area contributed by atoms with E-state index < -0.39 is 0 Å². The van der Waals surface area contributed by atoms with Gasteiger partial charge in [-0.2, -0.15) is 4.99 Å². The van der Waals surface area contributed by atoms with Crippen LogP contribution in [0.5, 0.6) is 0 Å². The number of rotatable bonds is 1. The molecular formula is C8H12ClN5+2. The van der Waals surface area contributed by atoms with E-state index in [2.05, 4.69) is 9.98 Å². The molecule has 0 aromatic heterocycles. The molecule has 14 heavy (non-hydrogen) atoms. The van der Waals surface area contributed by atoms with E-state index in [1.165, 1.54) is 0 Å². The molecule has 0 aliphatic heterocycles. The maximum absolute atomic E-state index is 5.77. The van der Waals surface area contributed by atoms with Gasteiger partial charge >= 0.3 is 11.9 Å². The zero-order chi connectivity index (χ0) is 10.6. The van der Waals surface area contributed by atoms with Gasteiger partial charge < -0.3 is 0 Å². The monoisotopic (exact) mass is 213 g/mol. The molecule has 0 spiro atoms. The number of hydrogen-bond acceptors (Lipinski definition) is 0. The number of benzene rings is 1. The second-order valence-corrected chi connectivity index (χ2v) is 3.07. The van der Waals surface area contributed by atoms with Crippen molar-refractivity contribution in [2.24, 2.45) is 17.2 Å². The predicted octanol–water partition coefficient (Wildman–Crippen LogP) is -3.28. The molecule has 1 aromatic carbocycles. The van der Waals surface area contributed by atoms with Gasteiger partial charge in [0.15, 0.2) is 0 Å². The van der Waals surface area contributed by atoms with Gasteiger partial charge in [-0.15, -0.1) is 0 Å². The minimum Gasteiger partial charge on any atom is -0.275 e. The Labute approximate surface area is 86.3 Å². The smallest absolute Gasteiger partial charge is 0.275 e. The molecule has 0 aliphatic carbocycles. The number of nitrogens with two attached hydrogens (primary N) is 3. The molecule has 0 heterocycles. The first-order chi connectivity index (χ1) is 6.58. The van der Waals surface area contributed by atoms with Gasteiger partial charge in [-0.25, -0.2) is 4.99 Å². The zero-order valence-electron chi connectivity index (χ0n) is 7.42. The normalized spacial score (nSPS) is 11.1. The summed E-state index contributed by atoms with van der Waals surface area (Å²) >= 11 is 5.77. The van der Waals surface area contributed by atoms with Crippen LogP contribution in [-0.2, 0) is 0 Å². The van der Waals surface area contributed by atoms with Gasteiger partial charge in [0, 0.05) is 5.02 Å². The Hall–Kier alpha value is -1.75. The Morgan fingerprint density at radius 2 is 1.93 bits per heavy atom. The molecule has 6 heteroatoms. The third-order valence-corrected chi connectivity index (χ3v) is 1.62. The molecular weight excluding hydrogens is 202 g/mol. The fourth-order valence-electron chi connectivity index (χ4n) is 0.908. The lowest BCUT2D eigenvalue weighted by atomic mass is 10.3. The van der Waals surface area contributed by atoms with Crippen molar-refractivity contribution in [3.8, 4) is 0 Å². The molecule has 0 saturated heterocycles. The fourth-order valence-corrected chi connectivity index (χ4v) is 1.10. The molecule has 0 radical (unpaired) electrons. The van der Waals surface area contributed by atoms with Crippen LogP contribution in [0.25, 0.3) is 0 Å². The van der Waals surface area contributed by atoms with Gasteiger partial charge in [-0.3, -0.25) is 17.2 Å². The van der Waals surface area contributed by atoms with Crippen LogP contribution in [-0.4, -0.2) is 11.9 Å². The van der Waals surface area contributed by atoms with E-state index in [4.69, 9.17) is 28.8 Å². The first-order valence-corrected chi connectivity index (χ1v) is 4.25. The second kappa shape index (κ2) is 4.48. The van der Waals surface area contributed by atoms with Gasteiger partial charge in [0.2, 0.25) is 0 Å². The van der Waals surface area contributed by atoms with E-state index in [1.807, 2.05) is 6.07 Å². The Kier molecular flexibility index (Phi) is 3.30. The maximum Gasteiger partial charge on any atom is 0.390 e. The van der Waals surface area contributed by atoms with Crippen LogP contribution in [0.3, 0.4) is 0 Å². The highest BCUT2D eigenvalue weighted by Crippen LogP contribution is 2.09. The van der Waals surface area contributed by atoms with Gasteiger partial charge in [0.25, 0.3) is 0 Å². The van der Waals surface area contributed by atoms with E-state index in [0.29, 0.717) is 5.02 Å². The number of halogens is 1. The molecule has 0 bridgehead atoms. The van der Waals surface area contributed by atoms with Crippen molar-refractivity contribution in [2.45, 2.75) is 0 Å². The molecule has 1 rings (SSSR count). The Morgan fingerprint density at radius 3 is 2.50 bits per heavy atom. The Balaban J connectivity index is 2.92. The summed E-state index contributed by atoms with van der Waals surface area (Å²) in [6.07, 6.45) is 0. The summed E-state index contributed by atoms with van der Waals surface area (Å²) in [6, 6.07) is 7.10. The highest BCUT2D eigenvalue weighted by molar-refractivity contribution is 6.30. The molecule has 1 aromatic rings.